The van der Waals surface area contributed by atoms with Crippen molar-refractivity contribution in [1.29, 1.82) is 0 Å². The highest BCUT2D eigenvalue weighted by molar-refractivity contribution is 8.02. The van der Waals surface area contributed by atoms with E-state index in [1.54, 1.807) is 4.31 Å². The van der Waals surface area contributed by atoms with Crippen LogP contribution >= 0.6 is 12.1 Å². The normalized spacial score (nSPS) is 19.8. The molecular weight excluding hydrogens is 573 g/mol. The summed E-state index contributed by atoms with van der Waals surface area (Å²) >= 11 is 1.26. The molecule has 3 aromatic rings. The van der Waals surface area contributed by atoms with Crippen LogP contribution in [0.25, 0.3) is 0 Å². The van der Waals surface area contributed by atoms with Gasteiger partial charge in [0.25, 0.3) is 0 Å². The van der Waals surface area contributed by atoms with Crippen molar-refractivity contribution in [2.24, 2.45) is 0 Å². The van der Waals surface area contributed by atoms with Crippen molar-refractivity contribution >= 4 is 46.6 Å². The summed E-state index contributed by atoms with van der Waals surface area (Å²) in [5, 5.41) is 3.24. The second kappa shape index (κ2) is 11.4. The second-order valence-corrected chi connectivity index (χ2v) is 12.8. The lowest BCUT2D eigenvalue weighted by Crippen LogP contribution is -2.52. The van der Waals surface area contributed by atoms with Crippen molar-refractivity contribution in [3.63, 3.8) is 0 Å². The van der Waals surface area contributed by atoms with Crippen molar-refractivity contribution in [2.45, 2.75) is 44.8 Å². The highest BCUT2D eigenvalue weighted by Gasteiger charge is 2.42. The van der Waals surface area contributed by atoms with Crippen molar-refractivity contribution in [3.05, 3.63) is 59.3 Å². The number of aromatic nitrogens is 2. The molecule has 7 rings (SSSR count). The van der Waals surface area contributed by atoms with Gasteiger partial charge in [0.05, 0.1) is 23.5 Å². The monoisotopic (exact) mass is 610 g/mol. The lowest BCUT2D eigenvalue weighted by molar-refractivity contribution is -0.137. The van der Waals surface area contributed by atoms with Gasteiger partial charge in [-0.3, -0.25) is 9.21 Å². The molecule has 0 bridgehead atoms. The predicted molar refractivity (Wildman–Crippen MR) is 168 cm³/mol. The van der Waals surface area contributed by atoms with Gasteiger partial charge in [0.15, 0.2) is 5.82 Å². The molecule has 2 saturated heterocycles. The van der Waals surface area contributed by atoms with Crippen LogP contribution in [0.4, 0.5) is 47.7 Å². The van der Waals surface area contributed by atoms with E-state index in [2.05, 4.69) is 56.1 Å². The Bertz CT molecular complexity index is 1480. The number of halogens is 3. The Hall–Kier alpha value is -3.22. The van der Waals surface area contributed by atoms with Crippen molar-refractivity contribution in [3.8, 4) is 0 Å². The van der Waals surface area contributed by atoms with Crippen LogP contribution in [0, 0.1) is 0 Å². The molecule has 0 atom stereocenters. The molecule has 2 fully saturated rings. The Labute approximate surface area is 255 Å². The predicted octanol–water partition coefficient (Wildman–Crippen LogP) is 6.10. The average molecular weight is 611 g/mol. The van der Waals surface area contributed by atoms with Gasteiger partial charge in [0.2, 0.25) is 5.95 Å². The number of benzene rings is 2. The summed E-state index contributed by atoms with van der Waals surface area (Å²) in [6, 6.07) is 12.7. The standard InChI is InChI=1S/C31H37F3N8S/c1-3-21-19-24(39-12-10-23(11-13-39)40-17-15-38(2)16-18-40)7-8-26(21)36-30-35-20-25(31(32,33)34)29(37-30)42-27-6-4-5-22-9-14-41(43-42)28(22)27/h4-8,19-20,23H,3,9-18H2,1-2H3,(H,35,36,37). The van der Waals surface area contributed by atoms with Crippen molar-refractivity contribution < 1.29 is 13.2 Å². The number of likely N-dealkylation sites (N-methyl/N-ethyl adjacent to an activating group) is 1. The number of aryl methyl sites for hydroxylation is 1. The van der Waals surface area contributed by atoms with E-state index in [-0.39, 0.29) is 11.8 Å². The first-order valence-electron chi connectivity index (χ1n) is 15.2. The zero-order chi connectivity index (χ0) is 29.7. The molecule has 0 aliphatic carbocycles. The topological polar surface area (TPSA) is 54.0 Å². The molecule has 4 aliphatic heterocycles. The summed E-state index contributed by atoms with van der Waals surface area (Å²) in [7, 11) is 2.19. The van der Waals surface area contributed by atoms with Gasteiger partial charge < -0.3 is 15.1 Å². The summed E-state index contributed by atoms with van der Waals surface area (Å²) in [4.78, 5) is 16.1. The zero-order valence-electron chi connectivity index (χ0n) is 24.6. The van der Waals surface area contributed by atoms with Gasteiger partial charge in [-0.15, -0.1) is 0 Å². The first-order chi connectivity index (χ1) is 20.8. The van der Waals surface area contributed by atoms with Crippen molar-refractivity contribution in [2.75, 3.05) is 71.7 Å². The van der Waals surface area contributed by atoms with Crippen LogP contribution in [-0.4, -0.2) is 78.7 Å². The molecular formula is C31H37F3N8S. The van der Waals surface area contributed by atoms with E-state index in [9.17, 15) is 13.2 Å². The van der Waals surface area contributed by atoms with Gasteiger partial charge in [-0.25, -0.2) is 9.29 Å². The minimum Gasteiger partial charge on any atom is -0.371 e. The fourth-order valence-electron chi connectivity index (χ4n) is 6.72. The smallest absolute Gasteiger partial charge is 0.371 e. The molecule has 8 nitrogen and oxygen atoms in total. The van der Waals surface area contributed by atoms with E-state index in [1.165, 1.54) is 17.8 Å². The molecule has 228 valence electrons. The number of hydrogen-bond donors (Lipinski definition) is 1. The second-order valence-electron chi connectivity index (χ2n) is 11.8. The molecule has 5 heterocycles. The number of rotatable bonds is 6. The Morgan fingerprint density at radius 2 is 1.79 bits per heavy atom. The fraction of sp³-hybridized carbons (Fsp3) is 0.484. The van der Waals surface area contributed by atoms with Crippen LogP contribution in [-0.2, 0) is 19.0 Å². The van der Waals surface area contributed by atoms with E-state index in [0.29, 0.717) is 6.04 Å². The number of anilines is 6. The van der Waals surface area contributed by atoms with Crippen LogP contribution in [0.15, 0.2) is 42.6 Å². The third-order valence-electron chi connectivity index (χ3n) is 9.20. The number of para-hydroxylation sites is 1. The van der Waals surface area contributed by atoms with E-state index < -0.39 is 11.7 Å². The van der Waals surface area contributed by atoms with E-state index in [0.717, 1.165) is 106 Å². The molecule has 0 spiro atoms. The molecule has 1 N–H and O–H groups in total. The molecule has 0 saturated carbocycles. The molecule has 0 radical (unpaired) electrons. The first-order valence-corrected chi connectivity index (χ1v) is 15.9. The Balaban J connectivity index is 1.10. The summed E-state index contributed by atoms with van der Waals surface area (Å²) < 4.78 is 46.1. The van der Waals surface area contributed by atoms with Crippen LogP contribution in [0.2, 0.25) is 0 Å². The number of nitrogens with zero attached hydrogens (tertiary/aromatic N) is 7. The highest BCUT2D eigenvalue weighted by atomic mass is 32.2. The van der Waals surface area contributed by atoms with Crippen LogP contribution in [0.1, 0.15) is 36.5 Å². The molecule has 0 unspecified atom stereocenters. The lowest BCUT2D eigenvalue weighted by atomic mass is 10.0. The van der Waals surface area contributed by atoms with Gasteiger partial charge in [0, 0.05) is 69.4 Å². The van der Waals surface area contributed by atoms with Gasteiger partial charge in [-0.1, -0.05) is 19.1 Å². The maximum absolute atomic E-state index is 14.2. The average Bonchev–Trinajstić information content (AvgIpc) is 3.61. The molecule has 12 heteroatoms. The maximum Gasteiger partial charge on any atom is 0.421 e. The first kappa shape index (κ1) is 28.5. The summed E-state index contributed by atoms with van der Waals surface area (Å²) in [5.74, 6) is -0.0112. The van der Waals surface area contributed by atoms with Crippen LogP contribution in [0.3, 0.4) is 0 Å². The maximum atomic E-state index is 14.2. The minimum absolute atomic E-state index is 0.146. The molecule has 1 aromatic heterocycles. The zero-order valence-corrected chi connectivity index (χ0v) is 25.4. The summed E-state index contributed by atoms with van der Waals surface area (Å²) in [6.45, 7) is 9.47. The van der Waals surface area contributed by atoms with Gasteiger partial charge in [-0.05, 0) is 68.1 Å². The largest absolute Gasteiger partial charge is 0.421 e. The number of piperidine rings is 1. The summed E-state index contributed by atoms with van der Waals surface area (Å²) in [6.07, 6.45) is 0.282. The number of nitrogens with one attached hydrogen (secondary N) is 1. The Morgan fingerprint density at radius 3 is 2.53 bits per heavy atom. The molecule has 0 amide bonds. The fourth-order valence-corrected chi connectivity index (χ4v) is 7.83. The van der Waals surface area contributed by atoms with E-state index in [4.69, 9.17) is 0 Å². The Kier molecular flexibility index (Phi) is 7.55. The molecule has 2 aromatic carbocycles. The van der Waals surface area contributed by atoms with Crippen LogP contribution in [0.5, 0.6) is 0 Å². The Morgan fingerprint density at radius 1 is 1.00 bits per heavy atom. The quantitative estimate of drug-likeness (QED) is 0.334. The van der Waals surface area contributed by atoms with Gasteiger partial charge in [0.1, 0.15) is 5.56 Å². The molecule has 4 aliphatic rings. The third kappa shape index (κ3) is 5.49. The number of alkyl halides is 3. The van der Waals surface area contributed by atoms with Gasteiger partial charge in [-0.2, -0.15) is 18.2 Å². The third-order valence-corrected chi connectivity index (χ3v) is 10.3. The van der Waals surface area contributed by atoms with Gasteiger partial charge >= 0.3 is 6.18 Å². The van der Waals surface area contributed by atoms with E-state index >= 15 is 0 Å². The summed E-state index contributed by atoms with van der Waals surface area (Å²) in [5.41, 5.74) is 5.07. The molecule has 43 heavy (non-hydrogen) atoms. The van der Waals surface area contributed by atoms with Crippen molar-refractivity contribution in [1.82, 2.24) is 19.8 Å². The number of piperazine rings is 1. The highest BCUT2D eigenvalue weighted by Crippen LogP contribution is 2.54. The minimum atomic E-state index is -4.59. The number of hydrogen-bond acceptors (Lipinski definition) is 9. The SMILES string of the molecule is CCc1cc(N2CCC(N3CCN(C)CC3)CC2)ccc1Nc1ncc(C(F)(F)F)c(N2SN3CCc4cccc2c43)n1. The lowest BCUT2D eigenvalue weighted by Gasteiger charge is -2.42. The van der Waals surface area contributed by atoms with E-state index in [1.807, 2.05) is 28.6 Å². The van der Waals surface area contributed by atoms with Crippen LogP contribution < -0.4 is 18.8 Å².